The Morgan fingerprint density at radius 2 is 0.438 bits per heavy atom. The van der Waals surface area contributed by atoms with E-state index in [4.69, 9.17) is 19.9 Å². The van der Waals surface area contributed by atoms with E-state index in [0.717, 1.165) is 106 Å². The van der Waals surface area contributed by atoms with Gasteiger partial charge in [-0.2, -0.15) is 0 Å². The maximum atomic E-state index is 5.22. The first-order valence-electron chi connectivity index (χ1n) is 44.2. The summed E-state index contributed by atoms with van der Waals surface area (Å²) in [6.45, 7) is 0. The molecular formula is C122H80N8. The van der Waals surface area contributed by atoms with Crippen LogP contribution in [0.15, 0.2) is 486 Å². The fraction of sp³-hybridized carbons (Fsp3) is 0. The molecule has 25 aromatic rings. The van der Waals surface area contributed by atoms with Crippen molar-refractivity contribution in [3.05, 3.63) is 486 Å². The quantitative estimate of drug-likeness (QED) is 0.103. The van der Waals surface area contributed by atoms with E-state index in [0.29, 0.717) is 11.8 Å². The van der Waals surface area contributed by atoms with Crippen LogP contribution in [0.3, 0.4) is 0 Å². The van der Waals surface area contributed by atoms with E-state index < -0.39 is 0 Å². The molecule has 0 amide bonds. The molecule has 0 bridgehead atoms. The first-order chi connectivity index (χ1) is 64.4. The normalized spacial score (nSPS) is 11.5. The summed E-state index contributed by atoms with van der Waals surface area (Å²) in [4.78, 5) is 20.0. The summed E-state index contributed by atoms with van der Waals surface area (Å²) in [5.74, 6) is 1.33. The van der Waals surface area contributed by atoms with Crippen LogP contribution in [0.4, 0.5) is 0 Å². The maximum absolute atomic E-state index is 5.22. The van der Waals surface area contributed by atoms with Crippen LogP contribution in [0.1, 0.15) is 0 Å². The van der Waals surface area contributed by atoms with Crippen LogP contribution in [0.25, 0.3) is 233 Å². The fourth-order valence-electron chi connectivity index (χ4n) is 19.4. The molecular weight excluding hydrogens is 1580 g/mol. The molecule has 130 heavy (non-hydrogen) atoms. The molecule has 0 aliphatic carbocycles. The summed E-state index contributed by atoms with van der Waals surface area (Å²) >= 11 is 0. The molecule has 6 aromatic heterocycles. The lowest BCUT2D eigenvalue weighted by molar-refractivity contribution is 0.992. The van der Waals surface area contributed by atoms with Crippen LogP contribution in [-0.4, -0.2) is 38.2 Å². The summed E-state index contributed by atoms with van der Waals surface area (Å²) in [5.41, 5.74) is 36.4. The highest BCUT2D eigenvalue weighted by Crippen LogP contribution is 2.44. The van der Waals surface area contributed by atoms with Crippen LogP contribution >= 0.6 is 0 Å². The van der Waals surface area contributed by atoms with Gasteiger partial charge in [0.05, 0.1) is 55.5 Å². The lowest BCUT2D eigenvalue weighted by atomic mass is 9.90. The van der Waals surface area contributed by atoms with Crippen LogP contribution in [0, 0.1) is 0 Å². The van der Waals surface area contributed by atoms with Crippen molar-refractivity contribution in [2.45, 2.75) is 0 Å². The third-order valence-electron chi connectivity index (χ3n) is 25.6. The van der Waals surface area contributed by atoms with Gasteiger partial charge >= 0.3 is 0 Å². The topological polar surface area (TPSA) is 71.3 Å². The minimum absolute atomic E-state index is 0.643. The van der Waals surface area contributed by atoms with Gasteiger partial charge in [-0.05, 0) is 241 Å². The largest absolute Gasteiger partial charge is 0.309 e. The lowest BCUT2D eigenvalue weighted by Gasteiger charge is -2.14. The van der Waals surface area contributed by atoms with Crippen molar-refractivity contribution in [2.24, 2.45) is 0 Å². The Kier molecular flexibility index (Phi) is 19.1. The summed E-state index contributed by atoms with van der Waals surface area (Å²) in [6, 6.07) is 170. The van der Waals surface area contributed by atoms with Crippen molar-refractivity contribution in [3.8, 4) is 146 Å². The Morgan fingerprint density at radius 1 is 0.146 bits per heavy atom. The van der Waals surface area contributed by atoms with Gasteiger partial charge in [-0.15, -0.1) is 0 Å². The standard InChI is InChI=1S/C64H42N4.C58H38N4/c1-4-15-43(16-5-1)53-34-29-47(40-56(53)44-17-6-2-7-18-44)46-19-14-20-50(39-46)59-37-38-65-64(66-59)45-27-32-52(33-28-45)68-61-26-13-11-24-55(61)58-42-49(31-36-63(58)68)48-30-35-62-57(41-48)54-23-10-12-25-60(54)67(62)51-21-8-3-9-22-51;1-3-13-39(14-4-1)41-25-27-42(28-26-41)43-17-11-19-47(35-43)53-33-34-59-58(60-53)62-55-24-10-8-22-50(55)52-38-46(30-32-57(52)62)45-29-31-56-51(37-45)49-21-7-9-23-54(49)61(56)48-20-12-18-44(36-48)40-15-5-2-6-16-40/h1-42H;1-38H. The van der Waals surface area contributed by atoms with Crippen molar-refractivity contribution in [3.63, 3.8) is 0 Å². The summed E-state index contributed by atoms with van der Waals surface area (Å²) in [6.07, 6.45) is 3.74. The maximum Gasteiger partial charge on any atom is 0.235 e. The molecule has 0 aliphatic heterocycles. The van der Waals surface area contributed by atoms with E-state index in [1.807, 2.05) is 24.5 Å². The number of rotatable bonds is 15. The molecule has 8 nitrogen and oxygen atoms in total. The molecule has 0 N–H and O–H groups in total. The van der Waals surface area contributed by atoms with Gasteiger partial charge in [-0.3, -0.25) is 4.57 Å². The zero-order valence-electron chi connectivity index (χ0n) is 70.8. The van der Waals surface area contributed by atoms with Gasteiger partial charge in [0, 0.05) is 89.2 Å². The Bertz CT molecular complexity index is 8630. The van der Waals surface area contributed by atoms with E-state index in [9.17, 15) is 0 Å². The molecule has 0 saturated heterocycles. The number of fused-ring (bicyclic) bond motifs is 12. The number of hydrogen-bond acceptors (Lipinski definition) is 4. The molecule has 8 heteroatoms. The molecule has 608 valence electrons. The number of benzene rings is 19. The summed E-state index contributed by atoms with van der Waals surface area (Å²) in [7, 11) is 0. The second-order valence-corrected chi connectivity index (χ2v) is 33.2. The second-order valence-electron chi connectivity index (χ2n) is 33.2. The van der Waals surface area contributed by atoms with E-state index in [2.05, 4.69) is 479 Å². The molecule has 0 radical (unpaired) electrons. The van der Waals surface area contributed by atoms with Crippen LogP contribution < -0.4 is 0 Å². The Labute approximate surface area is 751 Å². The predicted molar refractivity (Wildman–Crippen MR) is 541 cm³/mol. The van der Waals surface area contributed by atoms with Gasteiger partial charge < -0.3 is 13.7 Å². The van der Waals surface area contributed by atoms with E-state index in [1.54, 1.807) is 0 Å². The Morgan fingerprint density at radius 3 is 0.931 bits per heavy atom. The van der Waals surface area contributed by atoms with Crippen molar-refractivity contribution < 1.29 is 0 Å². The first kappa shape index (κ1) is 76.2. The molecule has 0 fully saturated rings. The number of hydrogen-bond donors (Lipinski definition) is 0. The predicted octanol–water partition coefficient (Wildman–Crippen LogP) is 31.7. The van der Waals surface area contributed by atoms with Crippen LogP contribution in [-0.2, 0) is 0 Å². The van der Waals surface area contributed by atoms with Crippen molar-refractivity contribution in [2.75, 3.05) is 0 Å². The molecule has 6 heterocycles. The third-order valence-corrected chi connectivity index (χ3v) is 25.6. The van der Waals surface area contributed by atoms with Crippen molar-refractivity contribution >= 4 is 87.2 Å². The van der Waals surface area contributed by atoms with Gasteiger partial charge in [0.15, 0.2) is 5.82 Å². The highest BCUT2D eigenvalue weighted by atomic mass is 15.2. The number of para-hydroxylation sites is 5. The zero-order valence-corrected chi connectivity index (χ0v) is 70.8. The molecule has 0 spiro atoms. The van der Waals surface area contributed by atoms with E-state index >= 15 is 0 Å². The minimum Gasteiger partial charge on any atom is -0.309 e. The summed E-state index contributed by atoms with van der Waals surface area (Å²) in [5, 5.41) is 9.71. The van der Waals surface area contributed by atoms with Gasteiger partial charge in [-0.25, -0.2) is 19.9 Å². The molecule has 0 saturated carbocycles. The minimum atomic E-state index is 0.643. The SMILES string of the molecule is c1ccc(-c2ccc(-c3cccc(-c4ccnc(-c5ccc(-n6c7ccccc7c7cc(-c8ccc9c(c8)c8ccccc8n9-c8ccccc8)ccc76)cc5)n4)c3)cc2-c2ccccc2)cc1.c1ccc(-c2ccc(-c3cccc(-c4ccnc(-n5c6ccccc6c6cc(-c7ccc8c(c7)c7ccccc7n8-c7cccc(-c8ccccc8)c7)ccc65)n4)c3)cc2)cc1. The van der Waals surface area contributed by atoms with Crippen molar-refractivity contribution in [1.29, 1.82) is 0 Å². The highest BCUT2D eigenvalue weighted by molar-refractivity contribution is 6.15. The van der Waals surface area contributed by atoms with Gasteiger partial charge in [0.25, 0.3) is 0 Å². The summed E-state index contributed by atoms with van der Waals surface area (Å²) < 4.78 is 9.33. The average Bonchev–Trinajstić information content (AvgIpc) is 1.59. The van der Waals surface area contributed by atoms with E-state index in [1.165, 1.54) is 116 Å². The average molecular weight is 1660 g/mol. The van der Waals surface area contributed by atoms with Crippen LogP contribution in [0.5, 0.6) is 0 Å². The second kappa shape index (κ2) is 32.6. The Hall–Kier alpha value is -17.5. The lowest BCUT2D eigenvalue weighted by Crippen LogP contribution is -2.01. The zero-order chi connectivity index (χ0) is 86.0. The third kappa shape index (κ3) is 13.8. The Balaban J connectivity index is 0.000000145. The monoisotopic (exact) mass is 1660 g/mol. The fourth-order valence-corrected chi connectivity index (χ4v) is 19.4. The van der Waals surface area contributed by atoms with Gasteiger partial charge in [0.2, 0.25) is 5.95 Å². The molecule has 0 aliphatic rings. The number of nitrogens with zero attached hydrogens (tertiary/aromatic N) is 8. The molecule has 19 aromatic carbocycles. The van der Waals surface area contributed by atoms with Gasteiger partial charge in [0.1, 0.15) is 0 Å². The van der Waals surface area contributed by atoms with Crippen LogP contribution in [0.2, 0.25) is 0 Å². The van der Waals surface area contributed by atoms with E-state index in [-0.39, 0.29) is 0 Å². The number of aromatic nitrogens is 8. The van der Waals surface area contributed by atoms with Gasteiger partial charge in [-0.1, -0.05) is 322 Å². The van der Waals surface area contributed by atoms with Crippen molar-refractivity contribution in [1.82, 2.24) is 38.2 Å². The first-order valence-corrected chi connectivity index (χ1v) is 44.2. The molecule has 0 atom stereocenters. The molecule has 0 unspecified atom stereocenters. The molecule has 25 rings (SSSR count). The highest BCUT2D eigenvalue weighted by Gasteiger charge is 2.23. The smallest absolute Gasteiger partial charge is 0.235 e.